The zero-order valence-electron chi connectivity index (χ0n) is 15.6. The molecule has 1 aliphatic rings. The molecule has 0 spiro atoms. The van der Waals surface area contributed by atoms with E-state index in [9.17, 15) is 14.4 Å². The molecule has 0 bridgehead atoms. The molecular weight excluding hydrogens is 334 g/mol. The third-order valence-electron chi connectivity index (χ3n) is 3.96. The fourth-order valence-electron chi connectivity index (χ4n) is 2.74. The number of ether oxygens (including phenoxy) is 1. The van der Waals surface area contributed by atoms with Crippen molar-refractivity contribution >= 4 is 17.9 Å². The molecule has 2 N–H and O–H groups in total. The summed E-state index contributed by atoms with van der Waals surface area (Å²) in [5.41, 5.74) is 0.0788. The Bertz CT molecular complexity index is 632. The molecule has 7 heteroatoms. The summed E-state index contributed by atoms with van der Waals surface area (Å²) in [5, 5.41) is 5.33. The van der Waals surface area contributed by atoms with Crippen LogP contribution in [0.3, 0.4) is 0 Å². The van der Waals surface area contributed by atoms with Crippen molar-refractivity contribution in [2.24, 2.45) is 0 Å². The highest BCUT2D eigenvalue weighted by Gasteiger charge is 2.24. The summed E-state index contributed by atoms with van der Waals surface area (Å²) >= 11 is 0. The number of amides is 3. The SMILES string of the molecule is CC(C)(C)OC(=O)NCC(=O)NC1CCN(C(=O)c2ccccc2)CC1. The van der Waals surface area contributed by atoms with Gasteiger partial charge in [0.1, 0.15) is 12.1 Å². The maximum Gasteiger partial charge on any atom is 0.408 e. The number of hydrogen-bond donors (Lipinski definition) is 2. The Balaban J connectivity index is 1.70. The largest absolute Gasteiger partial charge is 0.444 e. The second-order valence-corrected chi connectivity index (χ2v) is 7.36. The average Bonchev–Trinajstić information content (AvgIpc) is 2.59. The van der Waals surface area contributed by atoms with Crippen LogP contribution in [0.15, 0.2) is 30.3 Å². The highest BCUT2D eigenvalue weighted by atomic mass is 16.6. The van der Waals surface area contributed by atoms with Crippen molar-refractivity contribution in [3.63, 3.8) is 0 Å². The van der Waals surface area contributed by atoms with Crippen LogP contribution in [-0.2, 0) is 9.53 Å². The van der Waals surface area contributed by atoms with E-state index in [-0.39, 0.29) is 24.4 Å². The Morgan fingerprint density at radius 1 is 1.12 bits per heavy atom. The Kier molecular flexibility index (Phi) is 6.60. The Labute approximate surface area is 154 Å². The molecule has 2 rings (SSSR count). The standard InChI is InChI=1S/C19H27N3O4/c1-19(2,3)26-18(25)20-13-16(23)21-15-9-11-22(12-10-15)17(24)14-7-5-4-6-8-14/h4-8,15H,9-13H2,1-3H3,(H,20,25)(H,21,23). The first-order chi connectivity index (χ1) is 12.2. The second kappa shape index (κ2) is 8.69. The van der Waals surface area contributed by atoms with Gasteiger partial charge in [-0.3, -0.25) is 9.59 Å². The molecule has 1 fully saturated rings. The number of carbonyl (C=O) groups excluding carboxylic acids is 3. The molecule has 3 amide bonds. The molecule has 1 saturated heterocycles. The lowest BCUT2D eigenvalue weighted by Gasteiger charge is -2.32. The van der Waals surface area contributed by atoms with Crippen molar-refractivity contribution < 1.29 is 19.1 Å². The fraction of sp³-hybridized carbons (Fsp3) is 0.526. The number of hydrogen-bond acceptors (Lipinski definition) is 4. The van der Waals surface area contributed by atoms with Crippen molar-refractivity contribution in [3.05, 3.63) is 35.9 Å². The van der Waals surface area contributed by atoms with Crippen molar-refractivity contribution in [2.75, 3.05) is 19.6 Å². The minimum Gasteiger partial charge on any atom is -0.444 e. The quantitative estimate of drug-likeness (QED) is 0.858. The lowest BCUT2D eigenvalue weighted by molar-refractivity contribution is -0.121. The maximum absolute atomic E-state index is 12.4. The summed E-state index contributed by atoms with van der Waals surface area (Å²) in [6.07, 6.45) is 0.768. The van der Waals surface area contributed by atoms with Crippen LogP contribution in [0.5, 0.6) is 0 Å². The summed E-state index contributed by atoms with van der Waals surface area (Å²) in [6.45, 7) is 6.35. The van der Waals surface area contributed by atoms with Gasteiger partial charge in [0.05, 0.1) is 0 Å². The average molecular weight is 361 g/mol. The molecule has 7 nitrogen and oxygen atoms in total. The molecule has 1 aromatic carbocycles. The highest BCUT2D eigenvalue weighted by Crippen LogP contribution is 2.14. The molecule has 1 aliphatic heterocycles. The zero-order chi connectivity index (χ0) is 19.2. The molecule has 1 aromatic rings. The van der Waals surface area contributed by atoms with Crippen LogP contribution in [0, 0.1) is 0 Å². The van der Waals surface area contributed by atoms with Gasteiger partial charge in [0.25, 0.3) is 5.91 Å². The minimum absolute atomic E-state index is 0.00256. The molecule has 0 aromatic heterocycles. The molecule has 1 heterocycles. The molecule has 0 saturated carbocycles. The minimum atomic E-state index is -0.615. The Hall–Kier alpha value is -2.57. The lowest BCUT2D eigenvalue weighted by atomic mass is 10.0. The van der Waals surface area contributed by atoms with E-state index in [1.54, 1.807) is 37.8 Å². The Morgan fingerprint density at radius 3 is 2.31 bits per heavy atom. The van der Waals surface area contributed by atoms with Crippen molar-refractivity contribution in [3.8, 4) is 0 Å². The third kappa shape index (κ3) is 6.38. The summed E-state index contributed by atoms with van der Waals surface area (Å²) in [6, 6.07) is 9.18. The number of benzene rings is 1. The monoisotopic (exact) mass is 361 g/mol. The number of nitrogens with zero attached hydrogens (tertiary/aromatic N) is 1. The van der Waals surface area contributed by atoms with Gasteiger partial charge in [-0.05, 0) is 45.7 Å². The number of piperidine rings is 1. The molecule has 0 unspecified atom stereocenters. The van der Waals surface area contributed by atoms with Gasteiger partial charge < -0.3 is 20.3 Å². The fourth-order valence-corrected chi connectivity index (χ4v) is 2.74. The van der Waals surface area contributed by atoms with Crippen LogP contribution in [-0.4, -0.2) is 54.1 Å². The molecule has 142 valence electrons. The van der Waals surface area contributed by atoms with Crippen LogP contribution in [0.1, 0.15) is 44.0 Å². The number of nitrogens with one attached hydrogen (secondary N) is 2. The van der Waals surface area contributed by atoms with E-state index < -0.39 is 11.7 Å². The van der Waals surface area contributed by atoms with Gasteiger partial charge in [0, 0.05) is 24.7 Å². The van der Waals surface area contributed by atoms with Gasteiger partial charge in [0.15, 0.2) is 0 Å². The normalized spacial score (nSPS) is 15.3. The van der Waals surface area contributed by atoms with E-state index in [0.717, 1.165) is 0 Å². The van der Waals surface area contributed by atoms with Crippen molar-refractivity contribution in [1.82, 2.24) is 15.5 Å². The van der Waals surface area contributed by atoms with E-state index in [1.165, 1.54) is 0 Å². The van der Waals surface area contributed by atoms with Crippen LogP contribution < -0.4 is 10.6 Å². The van der Waals surface area contributed by atoms with E-state index >= 15 is 0 Å². The van der Waals surface area contributed by atoms with Gasteiger partial charge in [-0.2, -0.15) is 0 Å². The summed E-state index contributed by atoms with van der Waals surface area (Å²) < 4.78 is 5.09. The molecule has 0 radical (unpaired) electrons. The smallest absolute Gasteiger partial charge is 0.408 e. The maximum atomic E-state index is 12.4. The van der Waals surface area contributed by atoms with Crippen LogP contribution in [0.4, 0.5) is 4.79 Å². The highest BCUT2D eigenvalue weighted by molar-refractivity contribution is 5.94. The lowest BCUT2D eigenvalue weighted by Crippen LogP contribution is -2.49. The van der Waals surface area contributed by atoms with Crippen molar-refractivity contribution in [2.45, 2.75) is 45.3 Å². The van der Waals surface area contributed by atoms with Gasteiger partial charge in [-0.1, -0.05) is 18.2 Å². The van der Waals surface area contributed by atoms with Gasteiger partial charge in [-0.25, -0.2) is 4.79 Å². The zero-order valence-corrected chi connectivity index (χ0v) is 15.6. The van der Waals surface area contributed by atoms with Crippen LogP contribution in [0.25, 0.3) is 0 Å². The van der Waals surface area contributed by atoms with Gasteiger partial charge in [-0.15, -0.1) is 0 Å². The van der Waals surface area contributed by atoms with Crippen LogP contribution >= 0.6 is 0 Å². The van der Waals surface area contributed by atoms with Gasteiger partial charge >= 0.3 is 6.09 Å². The van der Waals surface area contributed by atoms with E-state index in [1.807, 2.05) is 18.2 Å². The molecule has 0 aliphatic carbocycles. The molecular formula is C19H27N3O4. The molecule has 0 atom stereocenters. The summed E-state index contributed by atoms with van der Waals surface area (Å²) in [7, 11) is 0. The number of carbonyl (C=O) groups is 3. The first-order valence-corrected chi connectivity index (χ1v) is 8.85. The second-order valence-electron chi connectivity index (χ2n) is 7.36. The van der Waals surface area contributed by atoms with E-state index in [4.69, 9.17) is 4.74 Å². The summed E-state index contributed by atoms with van der Waals surface area (Å²) in [5.74, 6) is -0.245. The van der Waals surface area contributed by atoms with E-state index in [2.05, 4.69) is 10.6 Å². The first-order valence-electron chi connectivity index (χ1n) is 8.85. The predicted octanol–water partition coefficient (Wildman–Crippen LogP) is 1.93. The molecule has 26 heavy (non-hydrogen) atoms. The van der Waals surface area contributed by atoms with Crippen LogP contribution in [0.2, 0.25) is 0 Å². The third-order valence-corrected chi connectivity index (χ3v) is 3.96. The van der Waals surface area contributed by atoms with Gasteiger partial charge in [0.2, 0.25) is 5.91 Å². The number of likely N-dealkylation sites (tertiary alicyclic amines) is 1. The number of alkyl carbamates (subject to hydrolysis) is 1. The van der Waals surface area contributed by atoms with E-state index in [0.29, 0.717) is 31.5 Å². The van der Waals surface area contributed by atoms with Crippen molar-refractivity contribution in [1.29, 1.82) is 0 Å². The first kappa shape index (κ1) is 19.8. The number of rotatable bonds is 4. The Morgan fingerprint density at radius 2 is 1.73 bits per heavy atom. The summed E-state index contributed by atoms with van der Waals surface area (Å²) in [4.78, 5) is 37.7. The topological polar surface area (TPSA) is 87.7 Å². The predicted molar refractivity (Wildman–Crippen MR) is 97.7 cm³/mol.